The first-order valence-electron chi connectivity index (χ1n) is 14.0. The van der Waals surface area contributed by atoms with Crippen LogP contribution in [-0.4, -0.2) is 47.7 Å². The van der Waals surface area contributed by atoms with E-state index in [1.54, 1.807) is 53.1 Å². The maximum absolute atomic E-state index is 11.2. The molecule has 0 unspecified atom stereocenters. The Morgan fingerprint density at radius 3 is 2.23 bits per heavy atom. The van der Waals surface area contributed by atoms with Gasteiger partial charge >= 0.3 is 0 Å². The molecule has 0 bridgehead atoms. The highest BCUT2D eigenvalue weighted by Crippen LogP contribution is 2.55. The summed E-state index contributed by atoms with van der Waals surface area (Å²) in [6.45, 7) is 4.47. The van der Waals surface area contributed by atoms with Crippen molar-refractivity contribution < 1.29 is 33.3 Å². The molecule has 5 aromatic heterocycles. The first-order valence-corrected chi connectivity index (χ1v) is 15.6. The molecule has 0 atom stereocenters. The van der Waals surface area contributed by atoms with E-state index in [2.05, 4.69) is 29.0 Å². The normalized spacial score (nSPS) is 12.0. The third-order valence-electron chi connectivity index (χ3n) is 6.65. The lowest BCUT2D eigenvalue weighted by molar-refractivity contribution is -0.121. The first kappa shape index (κ1) is 29.3. The van der Waals surface area contributed by atoms with E-state index < -0.39 is 0 Å². The molecule has 0 saturated carbocycles. The summed E-state index contributed by atoms with van der Waals surface area (Å²) in [5.74, 6) is 2.00. The molecule has 12 heteroatoms. The van der Waals surface area contributed by atoms with Gasteiger partial charge in [0.05, 0.1) is 34.3 Å². The van der Waals surface area contributed by atoms with E-state index in [4.69, 9.17) is 28.7 Å². The molecule has 0 aliphatic carbocycles. The lowest BCUT2D eigenvalue weighted by Gasteiger charge is -2.16. The standard InChI is InChI=1S/C32H27N3O7S2/c1-2-3-4-11-40-32-30-29(38-12-13-39-30)31(44-32)28-6-5-27(43-28)20-7-9-33-23(14-20)25-16-22(42-19-37)17-26(35-25)24-15-21(41-18-36)8-10-34-24/h5-10,14-19H,2-4,11-13H2,1H3. The predicted molar refractivity (Wildman–Crippen MR) is 167 cm³/mol. The van der Waals surface area contributed by atoms with Crippen LogP contribution < -0.4 is 23.7 Å². The molecular formula is C32H27N3O7S2. The SMILES string of the molecule is CCCCCOc1sc(-c2ccc(-c3ccnc(-c4cc(OC=O)cc(-c5cc(OC=O)ccn5)n4)c3)s2)c2c1OCCO2. The second-order valence-corrected chi connectivity index (χ2v) is 11.7. The highest BCUT2D eigenvalue weighted by Gasteiger charge is 2.27. The maximum atomic E-state index is 11.2. The highest BCUT2D eigenvalue weighted by atomic mass is 32.1. The van der Waals surface area contributed by atoms with Crippen LogP contribution in [0.25, 0.3) is 43.0 Å². The van der Waals surface area contributed by atoms with E-state index in [0.717, 1.165) is 50.3 Å². The van der Waals surface area contributed by atoms with E-state index in [9.17, 15) is 9.59 Å². The molecule has 0 saturated heterocycles. The molecule has 0 amide bonds. The first-order chi connectivity index (χ1) is 21.7. The molecule has 6 heterocycles. The smallest absolute Gasteiger partial charge is 0.298 e. The summed E-state index contributed by atoms with van der Waals surface area (Å²) in [4.78, 5) is 38.6. The molecule has 0 N–H and O–H groups in total. The number of aromatic nitrogens is 3. The van der Waals surface area contributed by atoms with Crippen molar-refractivity contribution in [3.05, 3.63) is 60.9 Å². The van der Waals surface area contributed by atoms with Crippen molar-refractivity contribution in [2.24, 2.45) is 0 Å². The Morgan fingerprint density at radius 2 is 1.45 bits per heavy atom. The fourth-order valence-corrected chi connectivity index (χ4v) is 6.78. The zero-order chi connectivity index (χ0) is 30.3. The van der Waals surface area contributed by atoms with Gasteiger partial charge in [0.15, 0.2) is 5.75 Å². The number of carbonyl (C=O) groups is 2. The van der Waals surface area contributed by atoms with Crippen molar-refractivity contribution in [3.63, 3.8) is 0 Å². The number of fused-ring (bicyclic) bond motifs is 1. The van der Waals surface area contributed by atoms with E-state index in [1.807, 2.05) is 12.1 Å². The Kier molecular flexibility index (Phi) is 9.09. The number of hydrogen-bond donors (Lipinski definition) is 0. The van der Waals surface area contributed by atoms with Gasteiger partial charge in [-0.2, -0.15) is 0 Å². The average Bonchev–Trinajstić information content (AvgIpc) is 3.69. The van der Waals surface area contributed by atoms with Crippen molar-refractivity contribution >= 4 is 35.6 Å². The molecule has 6 rings (SSSR count). The van der Waals surface area contributed by atoms with E-state index in [1.165, 1.54) is 6.20 Å². The zero-order valence-corrected chi connectivity index (χ0v) is 25.3. The fraction of sp³-hybridized carbons (Fsp3) is 0.219. The molecule has 1 aliphatic rings. The van der Waals surface area contributed by atoms with Crippen molar-refractivity contribution in [2.45, 2.75) is 26.2 Å². The van der Waals surface area contributed by atoms with Gasteiger partial charge in [0.1, 0.15) is 24.7 Å². The van der Waals surface area contributed by atoms with Gasteiger partial charge in [-0.05, 0) is 42.3 Å². The molecule has 10 nitrogen and oxygen atoms in total. The lowest BCUT2D eigenvalue weighted by atomic mass is 10.1. The van der Waals surface area contributed by atoms with Gasteiger partial charge in [0, 0.05) is 40.3 Å². The van der Waals surface area contributed by atoms with E-state index in [-0.39, 0.29) is 5.75 Å². The number of thiophene rings is 2. The number of carbonyl (C=O) groups excluding carboxylic acids is 2. The largest absolute Gasteiger partial charge is 0.484 e. The summed E-state index contributed by atoms with van der Waals surface area (Å²) >= 11 is 3.17. The van der Waals surface area contributed by atoms with Gasteiger partial charge in [-0.3, -0.25) is 19.6 Å². The summed E-state index contributed by atoms with van der Waals surface area (Å²) in [7, 11) is 0. The lowest BCUT2D eigenvalue weighted by Crippen LogP contribution is -2.15. The third-order valence-corrected chi connectivity index (χ3v) is 9.03. The minimum Gasteiger partial charge on any atom is -0.484 e. The Labute approximate surface area is 261 Å². The van der Waals surface area contributed by atoms with Crippen LogP contribution in [0.3, 0.4) is 0 Å². The maximum Gasteiger partial charge on any atom is 0.298 e. The van der Waals surface area contributed by atoms with Crippen LogP contribution in [-0.2, 0) is 9.59 Å². The number of rotatable bonds is 13. The summed E-state index contributed by atoms with van der Waals surface area (Å²) in [5.41, 5.74) is 2.83. The van der Waals surface area contributed by atoms with Gasteiger partial charge < -0.3 is 23.7 Å². The van der Waals surface area contributed by atoms with Crippen LogP contribution in [0.4, 0.5) is 0 Å². The molecule has 0 radical (unpaired) electrons. The molecule has 0 spiro atoms. The molecule has 0 aromatic carbocycles. The van der Waals surface area contributed by atoms with Crippen LogP contribution in [0.2, 0.25) is 0 Å². The van der Waals surface area contributed by atoms with Crippen LogP contribution in [0.1, 0.15) is 26.2 Å². The monoisotopic (exact) mass is 629 g/mol. The summed E-state index contributed by atoms with van der Waals surface area (Å²) in [5, 5.41) is 0.754. The highest BCUT2D eigenvalue weighted by molar-refractivity contribution is 7.25. The Hall–Kier alpha value is -4.81. The third kappa shape index (κ3) is 6.41. The van der Waals surface area contributed by atoms with Gasteiger partial charge in [0.2, 0.25) is 10.8 Å². The van der Waals surface area contributed by atoms with Crippen molar-refractivity contribution in [2.75, 3.05) is 19.8 Å². The summed E-state index contributed by atoms with van der Waals surface area (Å²) in [6, 6.07) is 14.3. The Balaban J connectivity index is 1.31. The quantitative estimate of drug-likeness (QED) is 0.0988. The van der Waals surface area contributed by atoms with E-state index in [0.29, 0.717) is 67.0 Å². The molecule has 0 fully saturated rings. The minimum absolute atomic E-state index is 0.270. The summed E-state index contributed by atoms with van der Waals surface area (Å²) in [6.07, 6.45) is 6.45. The van der Waals surface area contributed by atoms with Crippen LogP contribution >= 0.6 is 22.7 Å². The van der Waals surface area contributed by atoms with E-state index >= 15 is 0 Å². The van der Waals surface area contributed by atoms with Crippen molar-refractivity contribution in [1.82, 2.24) is 15.0 Å². The van der Waals surface area contributed by atoms with Crippen molar-refractivity contribution in [3.8, 4) is 71.0 Å². The van der Waals surface area contributed by atoms with Crippen LogP contribution in [0.5, 0.6) is 28.1 Å². The number of nitrogens with zero attached hydrogens (tertiary/aromatic N) is 3. The van der Waals surface area contributed by atoms with Crippen molar-refractivity contribution in [1.29, 1.82) is 0 Å². The van der Waals surface area contributed by atoms with Gasteiger partial charge in [-0.1, -0.05) is 31.1 Å². The molecule has 44 heavy (non-hydrogen) atoms. The van der Waals surface area contributed by atoms with Crippen LogP contribution in [0, 0.1) is 0 Å². The average molecular weight is 630 g/mol. The van der Waals surface area contributed by atoms with Gasteiger partial charge in [-0.25, -0.2) is 4.98 Å². The molecular weight excluding hydrogens is 603 g/mol. The summed E-state index contributed by atoms with van der Waals surface area (Å²) < 4.78 is 28.2. The predicted octanol–water partition coefficient (Wildman–Crippen LogP) is 7.07. The molecule has 224 valence electrons. The molecule has 5 aromatic rings. The second kappa shape index (κ2) is 13.7. The second-order valence-electron chi connectivity index (χ2n) is 9.60. The van der Waals surface area contributed by atoms with Crippen LogP contribution in [0.15, 0.2) is 60.9 Å². The topological polar surface area (TPSA) is 119 Å². The number of unbranched alkanes of at least 4 members (excludes halogenated alkanes) is 2. The number of ether oxygens (including phenoxy) is 5. The van der Waals surface area contributed by atoms with Gasteiger partial charge in [-0.15, -0.1) is 11.3 Å². The fourth-order valence-electron chi connectivity index (χ4n) is 4.61. The zero-order valence-electron chi connectivity index (χ0n) is 23.7. The van der Waals surface area contributed by atoms with Gasteiger partial charge in [0.25, 0.3) is 12.9 Å². The minimum atomic E-state index is 0.270. The Morgan fingerprint density at radius 1 is 0.773 bits per heavy atom. The number of pyridine rings is 3. The number of hydrogen-bond acceptors (Lipinski definition) is 12. The Bertz CT molecular complexity index is 1790. The molecule has 1 aliphatic heterocycles.